The van der Waals surface area contributed by atoms with E-state index in [4.69, 9.17) is 5.11 Å². The van der Waals surface area contributed by atoms with Gasteiger partial charge in [0.25, 0.3) is 0 Å². The Hall–Kier alpha value is -0.860. The monoisotopic (exact) mass is 261 g/mol. The van der Waals surface area contributed by atoms with Crippen LogP contribution in [0.3, 0.4) is 0 Å². The van der Waals surface area contributed by atoms with E-state index in [1.807, 2.05) is 12.1 Å². The molecule has 0 amide bonds. The summed E-state index contributed by atoms with van der Waals surface area (Å²) in [4.78, 5) is 0. The average Bonchev–Trinajstić information content (AvgIpc) is 2.74. The zero-order valence-corrected chi connectivity index (χ0v) is 12.1. The first kappa shape index (κ1) is 14.5. The molecule has 1 fully saturated rings. The van der Waals surface area contributed by atoms with Crippen molar-refractivity contribution in [1.29, 1.82) is 0 Å². The van der Waals surface area contributed by atoms with Gasteiger partial charge in [-0.1, -0.05) is 49.9 Å². The van der Waals surface area contributed by atoms with Crippen molar-refractivity contribution in [2.45, 2.75) is 64.6 Å². The Morgan fingerprint density at radius 3 is 2.21 bits per heavy atom. The Balaban J connectivity index is 1.79. The summed E-state index contributed by atoms with van der Waals surface area (Å²) in [6.45, 7) is 3.40. The molecule has 0 aliphatic heterocycles. The summed E-state index contributed by atoms with van der Waals surface area (Å²) in [5, 5.41) is 12.7. The molecule has 1 aromatic carbocycles. The second-order valence-corrected chi connectivity index (χ2v) is 5.90. The summed E-state index contributed by atoms with van der Waals surface area (Å²) in [6, 6.07) is 8.84. The highest BCUT2D eigenvalue weighted by Gasteiger charge is 2.18. The fraction of sp³-hybridized carbons (Fsp3) is 0.647. The molecule has 2 heteroatoms. The zero-order chi connectivity index (χ0) is 13.5. The predicted octanol–water partition coefficient (Wildman–Crippen LogP) is 3.63. The largest absolute Gasteiger partial charge is 0.392 e. The van der Waals surface area contributed by atoms with Gasteiger partial charge in [-0.25, -0.2) is 0 Å². The van der Waals surface area contributed by atoms with Gasteiger partial charge < -0.3 is 10.4 Å². The first-order chi connectivity index (χ1) is 9.29. The molecule has 0 bridgehead atoms. The first-order valence-corrected chi connectivity index (χ1v) is 7.71. The van der Waals surface area contributed by atoms with Crippen LogP contribution in [0.15, 0.2) is 24.3 Å². The van der Waals surface area contributed by atoms with E-state index in [1.54, 1.807) is 0 Å². The van der Waals surface area contributed by atoms with Crippen LogP contribution >= 0.6 is 0 Å². The fourth-order valence-corrected chi connectivity index (χ4v) is 3.02. The van der Waals surface area contributed by atoms with Crippen molar-refractivity contribution < 1.29 is 5.11 Å². The van der Waals surface area contributed by atoms with E-state index in [9.17, 15) is 0 Å². The Kier molecular flexibility index (Phi) is 5.87. The lowest BCUT2D eigenvalue weighted by Crippen LogP contribution is -2.32. The van der Waals surface area contributed by atoms with Crippen LogP contribution in [0.2, 0.25) is 0 Å². The highest BCUT2D eigenvalue weighted by atomic mass is 16.3. The molecule has 106 valence electrons. The Morgan fingerprint density at radius 1 is 1.05 bits per heavy atom. The van der Waals surface area contributed by atoms with Crippen molar-refractivity contribution in [2.75, 3.05) is 0 Å². The third kappa shape index (κ3) is 4.63. The summed E-state index contributed by atoms with van der Waals surface area (Å²) in [5.41, 5.74) is 2.29. The van der Waals surface area contributed by atoms with Crippen molar-refractivity contribution in [1.82, 2.24) is 5.32 Å². The Labute approximate surface area is 117 Å². The lowest BCUT2D eigenvalue weighted by atomic mass is 9.93. The van der Waals surface area contributed by atoms with Gasteiger partial charge in [0.1, 0.15) is 0 Å². The van der Waals surface area contributed by atoms with Crippen LogP contribution in [0.4, 0.5) is 0 Å². The van der Waals surface area contributed by atoms with Gasteiger partial charge in [-0.15, -0.1) is 0 Å². The fourth-order valence-electron chi connectivity index (χ4n) is 3.02. The minimum absolute atomic E-state index is 0.131. The zero-order valence-electron chi connectivity index (χ0n) is 12.1. The van der Waals surface area contributed by atoms with Gasteiger partial charge in [0, 0.05) is 12.6 Å². The number of aliphatic hydroxyl groups excluding tert-OH is 1. The summed E-state index contributed by atoms with van der Waals surface area (Å²) < 4.78 is 0. The number of nitrogens with one attached hydrogen (secondary N) is 1. The molecule has 0 unspecified atom stereocenters. The van der Waals surface area contributed by atoms with Crippen molar-refractivity contribution in [3.05, 3.63) is 35.4 Å². The van der Waals surface area contributed by atoms with Gasteiger partial charge >= 0.3 is 0 Å². The third-order valence-corrected chi connectivity index (χ3v) is 4.44. The summed E-state index contributed by atoms with van der Waals surface area (Å²) in [5.74, 6) is 0.846. The van der Waals surface area contributed by atoms with Gasteiger partial charge in [-0.05, 0) is 36.8 Å². The van der Waals surface area contributed by atoms with E-state index in [-0.39, 0.29) is 6.61 Å². The number of rotatable bonds is 5. The van der Waals surface area contributed by atoms with Crippen molar-refractivity contribution in [3.63, 3.8) is 0 Å². The molecule has 1 saturated carbocycles. The molecule has 1 aliphatic carbocycles. The quantitative estimate of drug-likeness (QED) is 0.793. The molecule has 19 heavy (non-hydrogen) atoms. The highest BCUT2D eigenvalue weighted by Crippen LogP contribution is 2.25. The van der Waals surface area contributed by atoms with Crippen LogP contribution < -0.4 is 5.32 Å². The van der Waals surface area contributed by atoms with Crippen LogP contribution in [-0.4, -0.2) is 11.1 Å². The van der Waals surface area contributed by atoms with Gasteiger partial charge in [-0.3, -0.25) is 0 Å². The molecule has 2 nitrogen and oxygen atoms in total. The first-order valence-electron chi connectivity index (χ1n) is 7.71. The lowest BCUT2D eigenvalue weighted by Gasteiger charge is -2.23. The predicted molar refractivity (Wildman–Crippen MR) is 79.9 cm³/mol. The summed E-state index contributed by atoms with van der Waals surface area (Å²) in [6.07, 6.45) is 8.43. The summed E-state index contributed by atoms with van der Waals surface area (Å²) >= 11 is 0. The van der Waals surface area contributed by atoms with Gasteiger partial charge in [0.05, 0.1) is 6.61 Å². The van der Waals surface area contributed by atoms with Crippen LogP contribution in [0.1, 0.15) is 56.6 Å². The molecule has 2 N–H and O–H groups in total. The molecule has 0 aromatic heterocycles. The maximum atomic E-state index is 9.03. The molecule has 0 saturated heterocycles. The lowest BCUT2D eigenvalue weighted by molar-refractivity contribution is 0.282. The van der Waals surface area contributed by atoms with Crippen LogP contribution in [0, 0.1) is 5.92 Å². The Bertz CT molecular complexity index is 352. The smallest absolute Gasteiger partial charge is 0.0681 e. The molecule has 0 spiro atoms. The number of benzene rings is 1. The number of aliphatic hydroxyl groups is 1. The van der Waals surface area contributed by atoms with Crippen molar-refractivity contribution in [3.8, 4) is 0 Å². The van der Waals surface area contributed by atoms with Crippen molar-refractivity contribution in [2.24, 2.45) is 5.92 Å². The Morgan fingerprint density at radius 2 is 1.63 bits per heavy atom. The molecule has 0 radical (unpaired) electrons. The standard InChI is InChI=1S/C17H27NO/c1-14(17-6-4-2-3-5-7-17)18-12-15-8-10-16(13-19)11-9-15/h8-11,14,17-19H,2-7,12-13H2,1H3/t14-/m1/s1. The van der Waals surface area contributed by atoms with E-state index in [1.165, 1.54) is 44.1 Å². The van der Waals surface area contributed by atoms with Crippen LogP contribution in [0.5, 0.6) is 0 Å². The molecule has 1 atom stereocenters. The minimum Gasteiger partial charge on any atom is -0.392 e. The molecule has 0 heterocycles. The van der Waals surface area contributed by atoms with Gasteiger partial charge in [0.2, 0.25) is 0 Å². The maximum absolute atomic E-state index is 9.03. The topological polar surface area (TPSA) is 32.3 Å². The second-order valence-electron chi connectivity index (χ2n) is 5.90. The third-order valence-electron chi connectivity index (χ3n) is 4.44. The van der Waals surface area contributed by atoms with Crippen LogP contribution in [0.25, 0.3) is 0 Å². The maximum Gasteiger partial charge on any atom is 0.0681 e. The molecule has 1 aliphatic rings. The van der Waals surface area contributed by atoms with E-state index in [2.05, 4.69) is 24.4 Å². The number of hydrogen-bond acceptors (Lipinski definition) is 2. The van der Waals surface area contributed by atoms with Gasteiger partial charge in [0.15, 0.2) is 0 Å². The van der Waals surface area contributed by atoms with Gasteiger partial charge in [-0.2, -0.15) is 0 Å². The van der Waals surface area contributed by atoms with E-state index in [0.717, 1.165) is 18.0 Å². The normalized spacial score (nSPS) is 19.1. The van der Waals surface area contributed by atoms with Crippen molar-refractivity contribution >= 4 is 0 Å². The van der Waals surface area contributed by atoms with E-state index in [0.29, 0.717) is 6.04 Å². The van der Waals surface area contributed by atoms with E-state index < -0.39 is 0 Å². The van der Waals surface area contributed by atoms with E-state index >= 15 is 0 Å². The molecular formula is C17H27NO. The second kappa shape index (κ2) is 7.66. The number of hydrogen-bond donors (Lipinski definition) is 2. The highest BCUT2D eigenvalue weighted by molar-refractivity contribution is 5.21. The minimum atomic E-state index is 0.131. The average molecular weight is 261 g/mol. The molecule has 2 rings (SSSR count). The molecule has 1 aromatic rings. The molecular weight excluding hydrogens is 234 g/mol. The SMILES string of the molecule is C[C@@H](NCc1ccc(CO)cc1)C1CCCCCC1. The van der Waals surface area contributed by atoms with Crippen LogP contribution in [-0.2, 0) is 13.2 Å². The summed E-state index contributed by atoms with van der Waals surface area (Å²) in [7, 11) is 0.